The molecule has 0 spiro atoms. The van der Waals surface area contributed by atoms with Gasteiger partial charge in [0.15, 0.2) is 0 Å². The zero-order chi connectivity index (χ0) is 8.53. The van der Waals surface area contributed by atoms with E-state index >= 15 is 0 Å². The molecule has 0 heterocycles. The Bertz CT molecular complexity index is 149. The summed E-state index contributed by atoms with van der Waals surface area (Å²) in [5, 5.41) is 0. The van der Waals surface area contributed by atoms with Crippen LogP contribution in [0.3, 0.4) is 0 Å². The molecular formula is C11H18. The second-order valence-corrected chi connectivity index (χ2v) is 2.47. The highest BCUT2D eigenvalue weighted by Gasteiger charge is 1.83. The smallest absolute Gasteiger partial charge is 0.0169 e. The molecule has 0 bridgehead atoms. The molecule has 62 valence electrons. The maximum atomic E-state index is 3.66. The van der Waals surface area contributed by atoms with Crippen LogP contribution in [0, 0.1) is 0 Å². The second kappa shape index (κ2) is 7.33. The molecule has 0 aliphatic heterocycles. The fraction of sp³-hybridized carbons (Fsp3) is 0.455. The summed E-state index contributed by atoms with van der Waals surface area (Å²) in [5.74, 6) is 0. The molecule has 0 amide bonds. The van der Waals surface area contributed by atoms with Gasteiger partial charge in [-0.1, -0.05) is 43.7 Å². The van der Waals surface area contributed by atoms with Crippen molar-refractivity contribution in [3.8, 4) is 0 Å². The largest absolute Gasteiger partial charge is 0.103 e. The highest BCUT2D eigenvalue weighted by atomic mass is 13.9. The van der Waals surface area contributed by atoms with Crippen LogP contribution in [0.25, 0.3) is 0 Å². The first kappa shape index (κ1) is 10.2. The fourth-order valence-electron chi connectivity index (χ4n) is 0.908. The maximum absolute atomic E-state index is 3.66. The molecule has 0 aromatic rings. The van der Waals surface area contributed by atoms with E-state index in [4.69, 9.17) is 0 Å². The summed E-state index contributed by atoms with van der Waals surface area (Å²) in [6.07, 6.45) is 11.7. The average Bonchev–Trinajstić information content (AvgIpc) is 2.03. The summed E-state index contributed by atoms with van der Waals surface area (Å²) >= 11 is 0. The normalized spacial score (nSPS) is 12.4. The molecule has 0 aromatic heterocycles. The van der Waals surface area contributed by atoms with Crippen molar-refractivity contribution in [3.63, 3.8) is 0 Å². The molecule has 0 N–H and O–H groups in total. The van der Waals surface area contributed by atoms with E-state index in [1.165, 1.54) is 5.57 Å². The predicted octanol–water partition coefficient (Wildman–Crippen LogP) is 3.87. The van der Waals surface area contributed by atoms with Gasteiger partial charge in [-0.25, -0.2) is 0 Å². The van der Waals surface area contributed by atoms with E-state index in [0.29, 0.717) is 0 Å². The van der Waals surface area contributed by atoms with Gasteiger partial charge in [-0.15, -0.1) is 6.58 Å². The van der Waals surface area contributed by atoms with Crippen LogP contribution < -0.4 is 0 Å². The van der Waals surface area contributed by atoms with E-state index in [-0.39, 0.29) is 0 Å². The van der Waals surface area contributed by atoms with E-state index < -0.39 is 0 Å². The van der Waals surface area contributed by atoms with Crippen molar-refractivity contribution in [1.82, 2.24) is 0 Å². The first-order valence-corrected chi connectivity index (χ1v) is 4.31. The first-order valence-electron chi connectivity index (χ1n) is 4.31. The van der Waals surface area contributed by atoms with Gasteiger partial charge in [0.2, 0.25) is 0 Å². The van der Waals surface area contributed by atoms with Crippen molar-refractivity contribution < 1.29 is 0 Å². The Morgan fingerprint density at radius 3 is 2.55 bits per heavy atom. The highest BCUT2D eigenvalue weighted by Crippen LogP contribution is 2.04. The van der Waals surface area contributed by atoms with Crippen LogP contribution in [0.4, 0.5) is 0 Å². The van der Waals surface area contributed by atoms with Gasteiger partial charge in [-0.05, 0) is 19.3 Å². The molecule has 0 aromatic carbocycles. The summed E-state index contributed by atoms with van der Waals surface area (Å²) in [6, 6.07) is 0. The molecule has 0 saturated heterocycles. The van der Waals surface area contributed by atoms with E-state index in [0.717, 1.165) is 19.3 Å². The van der Waals surface area contributed by atoms with Crippen molar-refractivity contribution in [2.24, 2.45) is 0 Å². The minimum absolute atomic E-state index is 0.973. The second-order valence-electron chi connectivity index (χ2n) is 2.47. The monoisotopic (exact) mass is 150 g/mol. The third kappa shape index (κ3) is 5.65. The Kier molecular flexibility index (Phi) is 6.81. The quantitative estimate of drug-likeness (QED) is 0.412. The molecule has 0 atom stereocenters. The van der Waals surface area contributed by atoms with E-state index in [2.05, 4.69) is 38.7 Å². The molecule has 0 nitrogen and oxygen atoms in total. The third-order valence-corrected chi connectivity index (χ3v) is 1.51. The van der Waals surface area contributed by atoms with Crippen molar-refractivity contribution in [1.29, 1.82) is 0 Å². The van der Waals surface area contributed by atoms with Crippen LogP contribution in [0.15, 0.2) is 36.5 Å². The fourth-order valence-corrected chi connectivity index (χ4v) is 0.908. The average molecular weight is 150 g/mol. The first-order chi connectivity index (χ1) is 5.35. The van der Waals surface area contributed by atoms with Gasteiger partial charge in [0.05, 0.1) is 0 Å². The van der Waals surface area contributed by atoms with Crippen molar-refractivity contribution in [2.45, 2.75) is 33.1 Å². The number of rotatable bonds is 5. The van der Waals surface area contributed by atoms with Gasteiger partial charge in [-0.2, -0.15) is 0 Å². The van der Waals surface area contributed by atoms with Crippen LogP contribution in [0.2, 0.25) is 0 Å². The standard InChI is InChI=1S/C11H18/c1-4-7-8-10-11(6-3)9-5-2/h4,8-10H,1,5-7H2,2-3H3/b10-8-,11-9+. The Labute approximate surface area is 70.3 Å². The van der Waals surface area contributed by atoms with Gasteiger partial charge >= 0.3 is 0 Å². The molecule has 11 heavy (non-hydrogen) atoms. The Balaban J connectivity index is 3.85. The van der Waals surface area contributed by atoms with E-state index in [1.807, 2.05) is 6.08 Å². The Hall–Kier alpha value is -0.780. The molecule has 0 unspecified atom stereocenters. The van der Waals surface area contributed by atoms with Crippen LogP contribution in [0.5, 0.6) is 0 Å². The molecule has 0 radical (unpaired) electrons. The van der Waals surface area contributed by atoms with Gasteiger partial charge < -0.3 is 0 Å². The number of allylic oxidation sites excluding steroid dienone is 5. The third-order valence-electron chi connectivity index (χ3n) is 1.51. The van der Waals surface area contributed by atoms with Crippen LogP contribution in [-0.4, -0.2) is 0 Å². The topological polar surface area (TPSA) is 0 Å². The highest BCUT2D eigenvalue weighted by molar-refractivity contribution is 5.18. The minimum Gasteiger partial charge on any atom is -0.103 e. The van der Waals surface area contributed by atoms with Crippen molar-refractivity contribution in [3.05, 3.63) is 36.5 Å². The molecule has 0 heteroatoms. The van der Waals surface area contributed by atoms with Gasteiger partial charge in [0.25, 0.3) is 0 Å². The number of hydrogen-bond donors (Lipinski definition) is 0. The predicted molar refractivity (Wildman–Crippen MR) is 52.6 cm³/mol. The molecular weight excluding hydrogens is 132 g/mol. The molecule has 0 aliphatic carbocycles. The minimum atomic E-state index is 0.973. The van der Waals surface area contributed by atoms with E-state index in [9.17, 15) is 0 Å². The summed E-state index contributed by atoms with van der Waals surface area (Å²) in [6.45, 7) is 8.00. The van der Waals surface area contributed by atoms with Gasteiger partial charge in [-0.3, -0.25) is 0 Å². The van der Waals surface area contributed by atoms with Gasteiger partial charge in [0.1, 0.15) is 0 Å². The van der Waals surface area contributed by atoms with Crippen LogP contribution in [0.1, 0.15) is 33.1 Å². The molecule has 0 rings (SSSR count). The Morgan fingerprint density at radius 1 is 1.36 bits per heavy atom. The number of hydrogen-bond acceptors (Lipinski definition) is 0. The van der Waals surface area contributed by atoms with Gasteiger partial charge in [0, 0.05) is 0 Å². The maximum Gasteiger partial charge on any atom is -0.0169 e. The van der Waals surface area contributed by atoms with Crippen molar-refractivity contribution >= 4 is 0 Å². The summed E-state index contributed by atoms with van der Waals surface area (Å²) in [4.78, 5) is 0. The summed E-state index contributed by atoms with van der Waals surface area (Å²) < 4.78 is 0. The van der Waals surface area contributed by atoms with Crippen LogP contribution in [-0.2, 0) is 0 Å². The summed E-state index contributed by atoms with van der Waals surface area (Å²) in [5.41, 5.74) is 1.43. The lowest BCUT2D eigenvalue weighted by molar-refractivity contribution is 1.09. The van der Waals surface area contributed by atoms with Crippen LogP contribution >= 0.6 is 0 Å². The lowest BCUT2D eigenvalue weighted by Gasteiger charge is -1.94. The van der Waals surface area contributed by atoms with E-state index in [1.54, 1.807) is 0 Å². The SMILES string of the molecule is C=CC/C=C\C(=C\CC)CC. The lowest BCUT2D eigenvalue weighted by Crippen LogP contribution is -1.73. The summed E-state index contributed by atoms with van der Waals surface area (Å²) in [7, 11) is 0. The molecule has 0 saturated carbocycles. The molecule has 0 aliphatic rings. The van der Waals surface area contributed by atoms with Crippen molar-refractivity contribution in [2.75, 3.05) is 0 Å². The lowest BCUT2D eigenvalue weighted by atomic mass is 10.1. The molecule has 0 fully saturated rings. The zero-order valence-corrected chi connectivity index (χ0v) is 7.64. The Morgan fingerprint density at radius 2 is 2.09 bits per heavy atom. The zero-order valence-electron chi connectivity index (χ0n) is 7.64.